The van der Waals surface area contributed by atoms with Crippen LogP contribution in [0.1, 0.15) is 0 Å². The van der Waals surface area contributed by atoms with Crippen LogP contribution in [0.4, 0.5) is 5.69 Å². The molecule has 0 aliphatic rings. The summed E-state index contributed by atoms with van der Waals surface area (Å²) in [6.07, 6.45) is 1.82. The monoisotopic (exact) mass is 245 g/mol. The van der Waals surface area contributed by atoms with Gasteiger partial charge in [-0.1, -0.05) is 0 Å². The van der Waals surface area contributed by atoms with Crippen molar-refractivity contribution in [3.63, 3.8) is 0 Å². The summed E-state index contributed by atoms with van der Waals surface area (Å²) in [4.78, 5) is 17.7. The topological polar surface area (TPSA) is 71.8 Å². The maximum absolute atomic E-state index is 10.7. The van der Waals surface area contributed by atoms with Gasteiger partial charge < -0.3 is 4.98 Å². The van der Waals surface area contributed by atoms with Crippen molar-refractivity contribution in [1.82, 2.24) is 9.97 Å². The average molecular weight is 245 g/mol. The van der Waals surface area contributed by atoms with Crippen molar-refractivity contribution in [3.05, 3.63) is 45.4 Å². The van der Waals surface area contributed by atoms with Crippen LogP contribution in [0.3, 0.4) is 0 Å². The normalized spacial score (nSPS) is 10.8. The number of non-ortho nitro benzene ring substituents is 1. The lowest BCUT2D eigenvalue weighted by atomic mass is 10.1. The predicted molar refractivity (Wildman–Crippen MR) is 66.1 cm³/mol. The number of benzene rings is 1. The smallest absolute Gasteiger partial charge is 0.270 e. The van der Waals surface area contributed by atoms with Gasteiger partial charge >= 0.3 is 0 Å². The van der Waals surface area contributed by atoms with Crippen LogP contribution < -0.4 is 0 Å². The Balaban J connectivity index is 2.26. The molecule has 3 rings (SSSR count). The molecule has 0 saturated carbocycles. The van der Waals surface area contributed by atoms with Gasteiger partial charge in [-0.15, -0.1) is 11.3 Å². The van der Waals surface area contributed by atoms with E-state index in [1.165, 1.54) is 17.4 Å². The van der Waals surface area contributed by atoms with Gasteiger partial charge in [0.05, 0.1) is 16.1 Å². The third-order valence-electron chi connectivity index (χ3n) is 2.58. The summed E-state index contributed by atoms with van der Waals surface area (Å²) < 4.78 is 0. The third kappa shape index (κ3) is 1.58. The Morgan fingerprint density at radius 1 is 1.41 bits per heavy atom. The quantitative estimate of drug-likeness (QED) is 0.556. The van der Waals surface area contributed by atoms with Crippen LogP contribution in [0, 0.1) is 10.1 Å². The van der Waals surface area contributed by atoms with Gasteiger partial charge in [-0.2, -0.15) is 0 Å². The van der Waals surface area contributed by atoms with Gasteiger partial charge in [-0.3, -0.25) is 10.1 Å². The number of nitro benzene ring substituents is 1. The van der Waals surface area contributed by atoms with Crippen molar-refractivity contribution < 1.29 is 4.92 Å². The largest absolute Gasteiger partial charge is 0.360 e. The van der Waals surface area contributed by atoms with Crippen molar-refractivity contribution in [2.24, 2.45) is 0 Å². The Bertz CT molecular complexity index is 688. The number of nitro groups is 1. The van der Waals surface area contributed by atoms with Gasteiger partial charge in [0.2, 0.25) is 0 Å². The first-order chi connectivity index (χ1) is 8.25. The average Bonchev–Trinajstić information content (AvgIpc) is 2.96. The van der Waals surface area contributed by atoms with E-state index >= 15 is 0 Å². The van der Waals surface area contributed by atoms with E-state index in [1.54, 1.807) is 17.6 Å². The molecule has 0 spiro atoms. The molecule has 0 atom stereocenters. The van der Waals surface area contributed by atoms with Crippen molar-refractivity contribution in [1.29, 1.82) is 0 Å². The fourth-order valence-electron chi connectivity index (χ4n) is 1.78. The highest BCUT2D eigenvalue weighted by molar-refractivity contribution is 7.07. The molecule has 17 heavy (non-hydrogen) atoms. The summed E-state index contributed by atoms with van der Waals surface area (Å²) in [6.45, 7) is 0. The van der Waals surface area contributed by atoms with Crippen molar-refractivity contribution in [2.45, 2.75) is 0 Å². The molecule has 0 unspecified atom stereocenters. The van der Waals surface area contributed by atoms with Crippen LogP contribution in [0.25, 0.3) is 22.2 Å². The molecule has 0 bridgehead atoms. The van der Waals surface area contributed by atoms with E-state index in [0.717, 1.165) is 22.2 Å². The minimum absolute atomic E-state index is 0.0913. The van der Waals surface area contributed by atoms with E-state index in [0.29, 0.717) is 0 Å². The van der Waals surface area contributed by atoms with Gasteiger partial charge in [0, 0.05) is 40.2 Å². The molecule has 0 fully saturated rings. The number of fused-ring (bicyclic) bond motifs is 1. The number of nitrogens with zero attached hydrogens (tertiary/aromatic N) is 2. The zero-order valence-corrected chi connectivity index (χ0v) is 9.40. The first-order valence-corrected chi connectivity index (χ1v) is 5.84. The zero-order chi connectivity index (χ0) is 11.8. The fraction of sp³-hybridized carbons (Fsp3) is 0. The van der Waals surface area contributed by atoms with E-state index in [-0.39, 0.29) is 5.69 Å². The molecular formula is C11H7N3O2S. The number of aromatic nitrogens is 2. The van der Waals surface area contributed by atoms with E-state index in [9.17, 15) is 10.1 Å². The molecule has 1 aromatic carbocycles. The van der Waals surface area contributed by atoms with Gasteiger partial charge in [-0.25, -0.2) is 4.98 Å². The number of nitrogens with one attached hydrogen (secondary N) is 1. The fourth-order valence-corrected chi connectivity index (χ4v) is 2.33. The summed E-state index contributed by atoms with van der Waals surface area (Å²) in [5.41, 5.74) is 4.43. The highest BCUT2D eigenvalue weighted by atomic mass is 32.1. The number of rotatable bonds is 2. The number of thiazole rings is 1. The van der Waals surface area contributed by atoms with E-state index in [4.69, 9.17) is 0 Å². The summed E-state index contributed by atoms with van der Waals surface area (Å²) >= 11 is 1.50. The Hall–Kier alpha value is -2.21. The standard InChI is InChI=1S/C11H7N3O2S/c15-14(16)7-1-2-10-8(3-7)9(4-12-10)11-5-17-6-13-11/h1-6,12H. The summed E-state index contributed by atoms with van der Waals surface area (Å²) in [5.74, 6) is 0. The van der Waals surface area contributed by atoms with Gasteiger partial charge in [-0.05, 0) is 6.07 Å². The SMILES string of the molecule is O=[N+]([O-])c1ccc2[nH]cc(-c3cscn3)c2c1. The zero-order valence-electron chi connectivity index (χ0n) is 8.58. The molecule has 0 aliphatic heterocycles. The molecule has 2 heterocycles. The number of aromatic amines is 1. The van der Waals surface area contributed by atoms with Gasteiger partial charge in [0.15, 0.2) is 0 Å². The lowest BCUT2D eigenvalue weighted by molar-refractivity contribution is -0.384. The van der Waals surface area contributed by atoms with Crippen LogP contribution in [0.15, 0.2) is 35.3 Å². The highest BCUT2D eigenvalue weighted by Gasteiger charge is 2.12. The second-order valence-corrected chi connectivity index (χ2v) is 4.28. The molecule has 1 N–H and O–H groups in total. The molecule has 0 saturated heterocycles. The molecular weight excluding hydrogens is 238 g/mol. The Morgan fingerprint density at radius 2 is 2.29 bits per heavy atom. The van der Waals surface area contributed by atoms with Crippen molar-refractivity contribution in [2.75, 3.05) is 0 Å². The Morgan fingerprint density at radius 3 is 3.00 bits per heavy atom. The lowest BCUT2D eigenvalue weighted by Crippen LogP contribution is -1.86. The van der Waals surface area contributed by atoms with Gasteiger partial charge in [0.1, 0.15) is 0 Å². The van der Waals surface area contributed by atoms with Crippen molar-refractivity contribution >= 4 is 27.9 Å². The molecule has 2 aromatic heterocycles. The first-order valence-electron chi connectivity index (χ1n) is 4.90. The van der Waals surface area contributed by atoms with E-state index in [1.807, 2.05) is 11.6 Å². The Labute approximate surface area is 99.9 Å². The third-order valence-corrected chi connectivity index (χ3v) is 3.17. The molecule has 3 aromatic rings. The summed E-state index contributed by atoms with van der Waals surface area (Å²) in [7, 11) is 0. The molecule has 0 radical (unpaired) electrons. The maximum atomic E-state index is 10.7. The molecule has 5 nitrogen and oxygen atoms in total. The highest BCUT2D eigenvalue weighted by Crippen LogP contribution is 2.30. The number of hydrogen-bond donors (Lipinski definition) is 1. The van der Waals surface area contributed by atoms with Crippen LogP contribution in [-0.2, 0) is 0 Å². The summed E-state index contributed by atoms with van der Waals surface area (Å²) in [6, 6.07) is 4.77. The minimum Gasteiger partial charge on any atom is -0.360 e. The second kappa shape index (κ2) is 3.67. The maximum Gasteiger partial charge on any atom is 0.270 e. The summed E-state index contributed by atoms with van der Waals surface area (Å²) in [5, 5.41) is 13.5. The van der Waals surface area contributed by atoms with Crippen LogP contribution >= 0.6 is 11.3 Å². The number of hydrogen-bond acceptors (Lipinski definition) is 4. The lowest BCUT2D eigenvalue weighted by Gasteiger charge is -1.95. The van der Waals surface area contributed by atoms with Crippen LogP contribution in [0.5, 0.6) is 0 Å². The van der Waals surface area contributed by atoms with Crippen LogP contribution in [0.2, 0.25) is 0 Å². The molecule has 84 valence electrons. The predicted octanol–water partition coefficient (Wildman–Crippen LogP) is 3.20. The minimum atomic E-state index is -0.392. The van der Waals surface area contributed by atoms with Crippen molar-refractivity contribution in [3.8, 4) is 11.3 Å². The number of H-pyrrole nitrogens is 1. The molecule has 0 amide bonds. The van der Waals surface area contributed by atoms with E-state index in [2.05, 4.69) is 9.97 Å². The first kappa shape index (κ1) is 9.98. The molecule has 0 aliphatic carbocycles. The van der Waals surface area contributed by atoms with Crippen LogP contribution in [-0.4, -0.2) is 14.9 Å². The second-order valence-electron chi connectivity index (χ2n) is 3.56. The molecule has 6 heteroatoms. The van der Waals surface area contributed by atoms with Gasteiger partial charge in [0.25, 0.3) is 5.69 Å². The van der Waals surface area contributed by atoms with E-state index < -0.39 is 4.92 Å². The Kier molecular flexibility index (Phi) is 2.15.